The molecular weight excluding hydrogens is 264 g/mol. The lowest BCUT2D eigenvalue weighted by Gasteiger charge is -2.32. The van der Waals surface area contributed by atoms with Crippen LogP contribution in [0.2, 0.25) is 0 Å². The summed E-state index contributed by atoms with van der Waals surface area (Å²) in [4.78, 5) is 14.3. The molecule has 0 bridgehead atoms. The Kier molecular flexibility index (Phi) is 4.88. The monoisotopic (exact) mass is 290 g/mol. The van der Waals surface area contributed by atoms with E-state index < -0.39 is 5.41 Å². The molecule has 1 aromatic rings. The third kappa shape index (κ3) is 3.56. The normalized spacial score (nSPS) is 24.9. The van der Waals surface area contributed by atoms with Crippen molar-refractivity contribution in [3.05, 3.63) is 29.8 Å². The number of nitrogens with zero attached hydrogens (tertiary/aromatic N) is 1. The van der Waals surface area contributed by atoms with E-state index in [1.54, 1.807) is 4.90 Å². The molecule has 2 atom stereocenters. The lowest BCUT2D eigenvalue weighted by Crippen LogP contribution is -2.48. The fraction of sp³-hybridized carbons (Fsp3) is 0.588. The minimum Gasteiger partial charge on any atom is -0.492 e. The van der Waals surface area contributed by atoms with Gasteiger partial charge in [0.15, 0.2) is 0 Å². The maximum Gasteiger partial charge on any atom is 0.229 e. The van der Waals surface area contributed by atoms with Crippen molar-refractivity contribution in [2.45, 2.75) is 39.2 Å². The fourth-order valence-electron chi connectivity index (χ4n) is 3.00. The number of hydrogen-bond acceptors (Lipinski definition) is 3. The Morgan fingerprint density at radius 1 is 1.52 bits per heavy atom. The second kappa shape index (κ2) is 6.48. The summed E-state index contributed by atoms with van der Waals surface area (Å²) in [6.07, 6.45) is 2.86. The number of nitrogens with two attached hydrogens (primary N) is 1. The van der Waals surface area contributed by atoms with Gasteiger partial charge in [0.1, 0.15) is 12.4 Å². The zero-order valence-corrected chi connectivity index (χ0v) is 13.3. The SMILES string of the molecule is Cc1cccc(OCCN(C)C(=O)C2(C)CCCC2N)c1. The van der Waals surface area contributed by atoms with Crippen LogP contribution in [0.5, 0.6) is 5.75 Å². The van der Waals surface area contributed by atoms with Crippen LogP contribution in [0.3, 0.4) is 0 Å². The molecule has 0 radical (unpaired) electrons. The van der Waals surface area contributed by atoms with Crippen LogP contribution >= 0.6 is 0 Å². The molecule has 0 aromatic heterocycles. The number of carbonyl (C=O) groups is 1. The van der Waals surface area contributed by atoms with Crippen molar-refractivity contribution in [1.82, 2.24) is 4.90 Å². The van der Waals surface area contributed by atoms with Crippen molar-refractivity contribution < 1.29 is 9.53 Å². The fourth-order valence-corrected chi connectivity index (χ4v) is 3.00. The predicted octanol–water partition coefficient (Wildman–Crippen LogP) is 2.35. The first-order valence-electron chi connectivity index (χ1n) is 7.64. The third-order valence-electron chi connectivity index (χ3n) is 4.55. The van der Waals surface area contributed by atoms with E-state index in [0.717, 1.165) is 25.0 Å². The van der Waals surface area contributed by atoms with Crippen LogP contribution in [0, 0.1) is 12.3 Å². The molecule has 4 heteroatoms. The molecule has 1 aromatic carbocycles. The number of likely N-dealkylation sites (N-methyl/N-ethyl adjacent to an activating group) is 1. The van der Waals surface area contributed by atoms with Gasteiger partial charge in [-0.3, -0.25) is 4.79 Å². The maximum atomic E-state index is 12.6. The maximum absolute atomic E-state index is 12.6. The van der Waals surface area contributed by atoms with E-state index >= 15 is 0 Å². The summed E-state index contributed by atoms with van der Waals surface area (Å²) in [6, 6.07) is 7.91. The Morgan fingerprint density at radius 2 is 2.29 bits per heavy atom. The Labute approximate surface area is 127 Å². The number of hydrogen-bond donors (Lipinski definition) is 1. The van der Waals surface area contributed by atoms with Gasteiger partial charge in [0.25, 0.3) is 0 Å². The third-order valence-corrected chi connectivity index (χ3v) is 4.55. The quantitative estimate of drug-likeness (QED) is 0.905. The summed E-state index contributed by atoms with van der Waals surface area (Å²) in [6.45, 7) is 5.10. The predicted molar refractivity (Wildman–Crippen MR) is 84.2 cm³/mol. The minimum absolute atomic E-state index is 0.0230. The molecule has 0 heterocycles. The lowest BCUT2D eigenvalue weighted by atomic mass is 9.83. The van der Waals surface area contributed by atoms with Crippen molar-refractivity contribution in [2.24, 2.45) is 11.1 Å². The summed E-state index contributed by atoms with van der Waals surface area (Å²) >= 11 is 0. The van der Waals surface area contributed by atoms with E-state index in [9.17, 15) is 4.79 Å². The molecule has 1 saturated carbocycles. The number of amides is 1. The van der Waals surface area contributed by atoms with Gasteiger partial charge in [-0.25, -0.2) is 0 Å². The van der Waals surface area contributed by atoms with Crippen molar-refractivity contribution in [2.75, 3.05) is 20.2 Å². The summed E-state index contributed by atoms with van der Waals surface area (Å²) in [5.41, 5.74) is 6.87. The summed E-state index contributed by atoms with van der Waals surface area (Å²) in [5.74, 6) is 0.986. The molecule has 116 valence electrons. The van der Waals surface area contributed by atoms with Gasteiger partial charge in [-0.1, -0.05) is 18.6 Å². The molecule has 1 aliphatic carbocycles. The topological polar surface area (TPSA) is 55.6 Å². The minimum atomic E-state index is -0.405. The standard InChI is InChI=1S/C17H26N2O2/c1-13-6-4-7-14(12-13)21-11-10-19(3)16(20)17(2)9-5-8-15(17)18/h4,6-7,12,15H,5,8-11,18H2,1-3H3. The molecule has 2 N–H and O–H groups in total. The van der Waals surface area contributed by atoms with Gasteiger partial charge < -0.3 is 15.4 Å². The van der Waals surface area contributed by atoms with E-state index in [0.29, 0.717) is 13.2 Å². The van der Waals surface area contributed by atoms with Gasteiger partial charge in [-0.2, -0.15) is 0 Å². The van der Waals surface area contributed by atoms with Gasteiger partial charge in [-0.15, -0.1) is 0 Å². The van der Waals surface area contributed by atoms with E-state index in [-0.39, 0.29) is 11.9 Å². The highest BCUT2D eigenvalue weighted by atomic mass is 16.5. The number of benzene rings is 1. The van der Waals surface area contributed by atoms with Crippen LogP contribution in [0.1, 0.15) is 31.7 Å². The first-order chi connectivity index (χ1) is 9.93. The van der Waals surface area contributed by atoms with Crippen molar-refractivity contribution >= 4 is 5.91 Å². The highest BCUT2D eigenvalue weighted by Crippen LogP contribution is 2.38. The molecule has 0 spiro atoms. The first kappa shape index (κ1) is 15.8. The second-order valence-corrected chi connectivity index (χ2v) is 6.31. The van der Waals surface area contributed by atoms with Gasteiger partial charge in [-0.05, 0) is 44.4 Å². The van der Waals surface area contributed by atoms with E-state index in [1.807, 2.05) is 45.2 Å². The first-order valence-corrected chi connectivity index (χ1v) is 7.64. The lowest BCUT2D eigenvalue weighted by molar-refractivity contribution is -0.140. The van der Waals surface area contributed by atoms with Crippen LogP contribution in [0.4, 0.5) is 0 Å². The molecule has 4 nitrogen and oxygen atoms in total. The van der Waals surface area contributed by atoms with Gasteiger partial charge in [0, 0.05) is 13.1 Å². The van der Waals surface area contributed by atoms with E-state index in [4.69, 9.17) is 10.5 Å². The zero-order chi connectivity index (χ0) is 15.5. The van der Waals surface area contributed by atoms with Crippen LogP contribution in [0.15, 0.2) is 24.3 Å². The average molecular weight is 290 g/mol. The summed E-state index contributed by atoms with van der Waals surface area (Å²) in [5, 5.41) is 0. The number of carbonyl (C=O) groups excluding carboxylic acids is 1. The highest BCUT2D eigenvalue weighted by Gasteiger charge is 2.44. The zero-order valence-electron chi connectivity index (χ0n) is 13.3. The van der Waals surface area contributed by atoms with Gasteiger partial charge >= 0.3 is 0 Å². The molecule has 2 unspecified atom stereocenters. The van der Waals surface area contributed by atoms with E-state index in [1.165, 1.54) is 5.56 Å². The van der Waals surface area contributed by atoms with E-state index in [2.05, 4.69) is 0 Å². The molecule has 1 amide bonds. The molecule has 21 heavy (non-hydrogen) atoms. The van der Waals surface area contributed by atoms with Crippen LogP contribution in [0.25, 0.3) is 0 Å². The molecule has 1 aliphatic rings. The Bertz CT molecular complexity index is 503. The van der Waals surface area contributed by atoms with Gasteiger partial charge in [0.05, 0.1) is 12.0 Å². The van der Waals surface area contributed by atoms with Crippen molar-refractivity contribution in [3.63, 3.8) is 0 Å². The Balaban J connectivity index is 1.84. The van der Waals surface area contributed by atoms with Crippen LogP contribution in [-0.2, 0) is 4.79 Å². The molecule has 0 saturated heterocycles. The Morgan fingerprint density at radius 3 is 2.90 bits per heavy atom. The largest absolute Gasteiger partial charge is 0.492 e. The summed E-state index contributed by atoms with van der Waals surface area (Å²) < 4.78 is 5.70. The number of rotatable bonds is 5. The molecule has 0 aliphatic heterocycles. The van der Waals surface area contributed by atoms with Crippen molar-refractivity contribution in [3.8, 4) is 5.75 Å². The Hall–Kier alpha value is -1.55. The molecular formula is C17H26N2O2. The number of ether oxygens (including phenoxy) is 1. The van der Waals surface area contributed by atoms with Gasteiger partial charge in [0.2, 0.25) is 5.91 Å². The van der Waals surface area contributed by atoms with Crippen LogP contribution in [-0.4, -0.2) is 37.0 Å². The summed E-state index contributed by atoms with van der Waals surface area (Å²) in [7, 11) is 1.83. The second-order valence-electron chi connectivity index (χ2n) is 6.31. The van der Waals surface area contributed by atoms with Crippen LogP contribution < -0.4 is 10.5 Å². The smallest absolute Gasteiger partial charge is 0.229 e. The molecule has 2 rings (SSSR count). The molecule has 1 fully saturated rings. The number of aryl methyl sites for hydroxylation is 1. The average Bonchev–Trinajstić information content (AvgIpc) is 2.79. The van der Waals surface area contributed by atoms with Crippen molar-refractivity contribution in [1.29, 1.82) is 0 Å². The highest BCUT2D eigenvalue weighted by molar-refractivity contribution is 5.83.